The van der Waals surface area contributed by atoms with Gasteiger partial charge in [0, 0.05) is 12.4 Å². The fourth-order valence-electron chi connectivity index (χ4n) is 1.69. The molecule has 5 heteroatoms. The first kappa shape index (κ1) is 14.7. The minimum absolute atomic E-state index is 0.420. The normalized spacial score (nSPS) is 21.7. The molecule has 1 unspecified atom stereocenters. The van der Waals surface area contributed by atoms with E-state index in [0.29, 0.717) is 6.61 Å². The molecule has 1 aliphatic rings. The number of hydrogen-bond acceptors (Lipinski definition) is 5. The molecule has 1 aliphatic heterocycles. The van der Waals surface area contributed by atoms with Crippen LogP contribution in [0.5, 0.6) is 0 Å². The predicted molar refractivity (Wildman–Crippen MR) is 72.0 cm³/mol. The Bertz CT molecular complexity index is 315. The maximum absolute atomic E-state index is 11.7. The van der Waals surface area contributed by atoms with Gasteiger partial charge in [-0.05, 0) is 6.42 Å². The molecule has 0 saturated heterocycles. The predicted octanol–water partition coefficient (Wildman–Crippen LogP) is 1.69. The highest BCUT2D eigenvalue weighted by Crippen LogP contribution is 2.06. The molecule has 0 spiro atoms. The number of esters is 1. The number of ether oxygens (including phenoxy) is 1. The fourth-order valence-corrected chi connectivity index (χ4v) is 1.69. The van der Waals surface area contributed by atoms with Crippen molar-refractivity contribution in [2.24, 2.45) is 10.7 Å². The van der Waals surface area contributed by atoms with E-state index in [1.54, 1.807) is 0 Å². The number of hydrogen-bond donors (Lipinski definition) is 2. The summed E-state index contributed by atoms with van der Waals surface area (Å²) in [4.78, 5) is 15.6. The largest absolute Gasteiger partial charge is 0.463 e. The molecule has 0 fully saturated rings. The zero-order valence-electron chi connectivity index (χ0n) is 11.0. The van der Waals surface area contributed by atoms with Gasteiger partial charge in [0.1, 0.15) is 0 Å². The molecule has 0 aliphatic carbocycles. The van der Waals surface area contributed by atoms with Gasteiger partial charge in [0.25, 0.3) is 0 Å². The lowest BCUT2D eigenvalue weighted by Gasteiger charge is -2.24. The van der Waals surface area contributed by atoms with Gasteiger partial charge < -0.3 is 10.1 Å². The topological polar surface area (TPSA) is 76.7 Å². The van der Waals surface area contributed by atoms with E-state index in [1.165, 1.54) is 44.3 Å². The maximum atomic E-state index is 11.7. The summed E-state index contributed by atoms with van der Waals surface area (Å²) in [7, 11) is 0. The van der Waals surface area contributed by atoms with Gasteiger partial charge in [-0.25, -0.2) is 4.79 Å². The minimum Gasteiger partial charge on any atom is -0.463 e. The number of unbranched alkanes of at least 4 members (excludes halogenated alkanes) is 5. The molecule has 18 heavy (non-hydrogen) atoms. The molecule has 1 heterocycles. The Hall–Kier alpha value is -1.36. The van der Waals surface area contributed by atoms with Crippen LogP contribution >= 0.6 is 0 Å². The molecule has 0 aromatic rings. The number of nitrogens with one attached hydrogen (secondary N) is 1. The van der Waals surface area contributed by atoms with Gasteiger partial charge in [0.15, 0.2) is 0 Å². The Labute approximate surface area is 108 Å². The molecule has 102 valence electrons. The van der Waals surface area contributed by atoms with Crippen molar-refractivity contribution in [2.75, 3.05) is 6.61 Å². The molecule has 3 N–H and O–H groups in total. The van der Waals surface area contributed by atoms with Crippen molar-refractivity contribution in [3.8, 4) is 0 Å². The van der Waals surface area contributed by atoms with Crippen LogP contribution in [-0.2, 0) is 9.53 Å². The number of nitrogens with zero attached hydrogens (tertiary/aromatic N) is 1. The lowest BCUT2D eigenvalue weighted by molar-refractivity contribution is -0.148. The molecule has 0 radical (unpaired) electrons. The van der Waals surface area contributed by atoms with Crippen molar-refractivity contribution in [3.05, 3.63) is 12.4 Å². The summed E-state index contributed by atoms with van der Waals surface area (Å²) in [6.45, 7) is 2.61. The van der Waals surface area contributed by atoms with E-state index in [0.717, 1.165) is 12.8 Å². The summed E-state index contributed by atoms with van der Waals surface area (Å²) < 4.78 is 5.14. The molecule has 0 aromatic heterocycles. The molecule has 0 bridgehead atoms. The van der Waals surface area contributed by atoms with Crippen molar-refractivity contribution in [1.29, 1.82) is 0 Å². The van der Waals surface area contributed by atoms with E-state index in [1.807, 2.05) is 0 Å². The summed E-state index contributed by atoms with van der Waals surface area (Å²) in [6.07, 6.45) is 11.4. The highest BCUT2D eigenvalue weighted by atomic mass is 16.5. The van der Waals surface area contributed by atoms with Crippen LogP contribution < -0.4 is 11.1 Å². The number of carbonyl (C=O) groups is 1. The Balaban J connectivity index is 2.10. The third kappa shape index (κ3) is 4.87. The van der Waals surface area contributed by atoms with Crippen LogP contribution in [0.25, 0.3) is 0 Å². The maximum Gasteiger partial charge on any atom is 0.352 e. The SMILES string of the molecule is CCCCCCCCOC(=O)C1(N)C=NC=CN1. The highest BCUT2D eigenvalue weighted by molar-refractivity contribution is 6.00. The highest BCUT2D eigenvalue weighted by Gasteiger charge is 2.33. The molecular weight excluding hydrogens is 230 g/mol. The zero-order valence-corrected chi connectivity index (χ0v) is 11.0. The molecule has 0 saturated carbocycles. The second-order valence-corrected chi connectivity index (χ2v) is 4.51. The van der Waals surface area contributed by atoms with Gasteiger partial charge in [-0.15, -0.1) is 0 Å². The summed E-state index contributed by atoms with van der Waals surface area (Å²) >= 11 is 0. The molecule has 0 amide bonds. The summed E-state index contributed by atoms with van der Waals surface area (Å²) in [6, 6.07) is 0. The third-order valence-corrected chi connectivity index (χ3v) is 2.83. The first-order chi connectivity index (χ1) is 8.69. The minimum atomic E-state index is -1.31. The Morgan fingerprint density at radius 1 is 1.33 bits per heavy atom. The Morgan fingerprint density at radius 3 is 2.72 bits per heavy atom. The number of rotatable bonds is 8. The molecule has 1 atom stereocenters. The van der Waals surface area contributed by atoms with Gasteiger partial charge in [-0.1, -0.05) is 39.0 Å². The van der Waals surface area contributed by atoms with Gasteiger partial charge in [0.2, 0.25) is 5.66 Å². The van der Waals surface area contributed by atoms with Crippen LogP contribution in [0.4, 0.5) is 0 Å². The summed E-state index contributed by atoms with van der Waals surface area (Å²) in [5.41, 5.74) is 4.49. The van der Waals surface area contributed by atoms with Gasteiger partial charge >= 0.3 is 5.97 Å². The number of aliphatic imine (C=N–C) groups is 1. The van der Waals surface area contributed by atoms with E-state index < -0.39 is 11.6 Å². The molecule has 1 rings (SSSR count). The van der Waals surface area contributed by atoms with Gasteiger partial charge in [-0.3, -0.25) is 10.7 Å². The van der Waals surface area contributed by atoms with Crippen molar-refractivity contribution >= 4 is 12.2 Å². The fraction of sp³-hybridized carbons (Fsp3) is 0.692. The van der Waals surface area contributed by atoms with E-state index >= 15 is 0 Å². The first-order valence-corrected chi connectivity index (χ1v) is 6.62. The van der Waals surface area contributed by atoms with Crippen LogP contribution in [0.2, 0.25) is 0 Å². The Kier molecular flexibility index (Phi) is 6.43. The summed E-state index contributed by atoms with van der Waals surface area (Å²) in [5.74, 6) is -0.482. The van der Waals surface area contributed by atoms with Crippen molar-refractivity contribution in [1.82, 2.24) is 5.32 Å². The van der Waals surface area contributed by atoms with Gasteiger partial charge in [0.05, 0.1) is 12.8 Å². The smallest absolute Gasteiger partial charge is 0.352 e. The Morgan fingerprint density at radius 2 is 2.06 bits per heavy atom. The molecular formula is C13H23N3O2. The van der Waals surface area contributed by atoms with Gasteiger partial charge in [-0.2, -0.15) is 0 Å². The monoisotopic (exact) mass is 253 g/mol. The quantitative estimate of drug-likeness (QED) is 0.510. The lowest BCUT2D eigenvalue weighted by atomic mass is 10.1. The van der Waals surface area contributed by atoms with Crippen LogP contribution in [0.1, 0.15) is 45.4 Å². The number of nitrogens with two attached hydrogens (primary N) is 1. The summed E-state index contributed by atoms with van der Waals surface area (Å²) in [5, 5.41) is 2.74. The first-order valence-electron chi connectivity index (χ1n) is 6.62. The van der Waals surface area contributed by atoms with E-state index in [9.17, 15) is 4.79 Å². The molecule has 0 aromatic carbocycles. The van der Waals surface area contributed by atoms with Crippen molar-refractivity contribution < 1.29 is 9.53 Å². The lowest BCUT2D eigenvalue weighted by Crippen LogP contribution is -2.60. The van der Waals surface area contributed by atoms with Crippen LogP contribution in [0.3, 0.4) is 0 Å². The number of carbonyl (C=O) groups excluding carboxylic acids is 1. The molecule has 5 nitrogen and oxygen atoms in total. The van der Waals surface area contributed by atoms with E-state index in [4.69, 9.17) is 10.5 Å². The second kappa shape index (κ2) is 7.87. The third-order valence-electron chi connectivity index (χ3n) is 2.83. The average molecular weight is 253 g/mol. The van der Waals surface area contributed by atoms with E-state index in [2.05, 4.69) is 17.2 Å². The average Bonchev–Trinajstić information content (AvgIpc) is 2.38. The standard InChI is InChI=1S/C13H23N3O2/c1-2-3-4-5-6-7-10-18-12(17)13(14)11-15-8-9-16-13/h8-9,11,16H,2-7,10,14H2,1H3. The van der Waals surface area contributed by atoms with E-state index in [-0.39, 0.29) is 0 Å². The van der Waals surface area contributed by atoms with Crippen molar-refractivity contribution in [2.45, 2.75) is 51.1 Å². The zero-order chi connectivity index (χ0) is 13.3. The van der Waals surface area contributed by atoms with Crippen LogP contribution in [0.15, 0.2) is 17.4 Å². The van der Waals surface area contributed by atoms with Crippen molar-refractivity contribution in [3.63, 3.8) is 0 Å². The van der Waals surface area contributed by atoms with Crippen LogP contribution in [-0.4, -0.2) is 24.5 Å². The van der Waals surface area contributed by atoms with Crippen LogP contribution in [0, 0.1) is 0 Å². The second-order valence-electron chi connectivity index (χ2n) is 4.51.